The maximum Gasteiger partial charge on any atom is 0.364 e. The van der Waals surface area contributed by atoms with Crippen LogP contribution in [-0.4, -0.2) is 44.2 Å². The first-order valence-corrected chi connectivity index (χ1v) is 8.41. The molecule has 120 valence electrons. The first-order chi connectivity index (χ1) is 9.43. The van der Waals surface area contributed by atoms with Gasteiger partial charge in [-0.3, -0.25) is 0 Å². The van der Waals surface area contributed by atoms with E-state index >= 15 is 0 Å². The lowest BCUT2D eigenvalue weighted by molar-refractivity contribution is -0.887. The third kappa shape index (κ3) is 9.35. The van der Waals surface area contributed by atoms with E-state index in [1.54, 1.807) is 0 Å². The molecule has 0 fully saturated rings. The van der Waals surface area contributed by atoms with Gasteiger partial charge in [0.25, 0.3) is 0 Å². The topological polar surface area (TPSA) is 26.3 Å². The summed E-state index contributed by atoms with van der Waals surface area (Å²) >= 11 is 0. The van der Waals surface area contributed by atoms with Crippen LogP contribution in [0.2, 0.25) is 0 Å². The van der Waals surface area contributed by atoms with Gasteiger partial charge in [-0.05, 0) is 13.3 Å². The predicted octanol–water partition coefficient (Wildman–Crippen LogP) is 4.16. The summed E-state index contributed by atoms with van der Waals surface area (Å²) in [4.78, 5) is 12.0. The van der Waals surface area contributed by atoms with Crippen molar-refractivity contribution < 1.29 is 14.0 Å². The molecular weight excluding hydrogens is 250 g/mol. The van der Waals surface area contributed by atoms with Crippen molar-refractivity contribution >= 4 is 5.97 Å². The molecule has 0 aromatic rings. The molecule has 0 spiro atoms. The summed E-state index contributed by atoms with van der Waals surface area (Å²) in [6.07, 6.45) is 11.4. The van der Waals surface area contributed by atoms with Crippen LogP contribution in [-0.2, 0) is 9.53 Å². The number of carbonyl (C=O) groups is 1. The van der Waals surface area contributed by atoms with Crippen molar-refractivity contribution in [3.05, 3.63) is 0 Å². The Morgan fingerprint density at radius 3 is 1.85 bits per heavy atom. The Morgan fingerprint density at radius 1 is 0.900 bits per heavy atom. The zero-order valence-corrected chi connectivity index (χ0v) is 14.4. The number of hydrogen-bond acceptors (Lipinski definition) is 2. The van der Waals surface area contributed by atoms with Crippen LogP contribution in [0, 0.1) is 0 Å². The minimum Gasteiger partial charge on any atom is -0.462 e. The van der Waals surface area contributed by atoms with E-state index in [0.717, 1.165) is 12.8 Å². The maximum absolute atomic E-state index is 12.0. The van der Waals surface area contributed by atoms with E-state index in [1.165, 1.54) is 44.9 Å². The average molecular weight is 286 g/mol. The van der Waals surface area contributed by atoms with E-state index in [1.807, 2.05) is 6.92 Å². The van der Waals surface area contributed by atoms with Crippen molar-refractivity contribution in [1.29, 1.82) is 0 Å². The minimum absolute atomic E-state index is 0.0185. The Morgan fingerprint density at radius 2 is 1.40 bits per heavy atom. The highest BCUT2D eigenvalue weighted by Crippen LogP contribution is 2.16. The van der Waals surface area contributed by atoms with Gasteiger partial charge in [0.15, 0.2) is 6.04 Å². The van der Waals surface area contributed by atoms with E-state index < -0.39 is 0 Å². The Kier molecular flexibility index (Phi) is 10.8. The predicted molar refractivity (Wildman–Crippen MR) is 85.7 cm³/mol. The number of quaternary nitrogens is 1. The lowest BCUT2D eigenvalue weighted by atomic mass is 10.0. The maximum atomic E-state index is 12.0. The zero-order valence-electron chi connectivity index (χ0n) is 14.4. The van der Waals surface area contributed by atoms with Gasteiger partial charge in [-0.15, -0.1) is 0 Å². The van der Waals surface area contributed by atoms with Crippen LogP contribution in [0.4, 0.5) is 0 Å². The van der Waals surface area contributed by atoms with Gasteiger partial charge < -0.3 is 9.22 Å². The minimum atomic E-state index is -0.0389. The average Bonchev–Trinajstić information content (AvgIpc) is 2.35. The molecule has 20 heavy (non-hydrogen) atoms. The largest absolute Gasteiger partial charge is 0.462 e. The molecule has 0 aliphatic carbocycles. The second kappa shape index (κ2) is 11.1. The smallest absolute Gasteiger partial charge is 0.364 e. The van der Waals surface area contributed by atoms with Crippen LogP contribution < -0.4 is 0 Å². The molecule has 0 aromatic heterocycles. The molecule has 3 nitrogen and oxygen atoms in total. The molecule has 3 heteroatoms. The van der Waals surface area contributed by atoms with Gasteiger partial charge >= 0.3 is 5.97 Å². The summed E-state index contributed by atoms with van der Waals surface area (Å²) in [5.41, 5.74) is 0. The summed E-state index contributed by atoms with van der Waals surface area (Å²) in [6.45, 7) is 4.61. The molecule has 0 radical (unpaired) electrons. The summed E-state index contributed by atoms with van der Waals surface area (Å²) in [6, 6.07) is -0.0185. The fourth-order valence-electron chi connectivity index (χ4n) is 2.53. The molecule has 0 saturated heterocycles. The van der Waals surface area contributed by atoms with E-state index in [4.69, 9.17) is 4.74 Å². The second-order valence-corrected chi connectivity index (χ2v) is 6.65. The molecule has 0 aromatic carbocycles. The van der Waals surface area contributed by atoms with Crippen molar-refractivity contribution in [2.75, 3.05) is 27.7 Å². The molecule has 0 N–H and O–H groups in total. The molecule has 0 bridgehead atoms. The first-order valence-electron chi connectivity index (χ1n) is 8.41. The number of ether oxygens (including phenoxy) is 1. The van der Waals surface area contributed by atoms with E-state index in [0.29, 0.717) is 11.1 Å². The number of carbonyl (C=O) groups excluding carboxylic acids is 1. The standard InChI is InChI=1S/C17H36NO2/c1-6-8-9-10-11-12-13-14-15-16(18(3,4)5)17(19)20-7-2/h16H,6-15H2,1-5H3/q+1. The van der Waals surface area contributed by atoms with E-state index in [-0.39, 0.29) is 12.0 Å². The number of likely N-dealkylation sites (N-methyl/N-ethyl adjacent to an activating group) is 1. The fraction of sp³-hybridized carbons (Fsp3) is 0.941. The molecule has 0 heterocycles. The lowest BCUT2D eigenvalue weighted by Crippen LogP contribution is -2.50. The van der Waals surface area contributed by atoms with Crippen LogP contribution in [0.25, 0.3) is 0 Å². The highest BCUT2D eigenvalue weighted by molar-refractivity contribution is 5.74. The number of esters is 1. The molecule has 1 atom stereocenters. The van der Waals surface area contributed by atoms with E-state index in [9.17, 15) is 4.79 Å². The summed E-state index contributed by atoms with van der Waals surface area (Å²) in [7, 11) is 6.23. The molecule has 0 saturated carbocycles. The molecule has 0 rings (SSSR count). The fourth-order valence-corrected chi connectivity index (χ4v) is 2.53. The van der Waals surface area contributed by atoms with Crippen molar-refractivity contribution in [1.82, 2.24) is 0 Å². The molecule has 0 aliphatic rings. The monoisotopic (exact) mass is 286 g/mol. The van der Waals surface area contributed by atoms with Crippen LogP contribution in [0.1, 0.15) is 71.6 Å². The van der Waals surface area contributed by atoms with E-state index in [2.05, 4.69) is 28.1 Å². The molecular formula is C17H36NO2+. The van der Waals surface area contributed by atoms with Crippen LogP contribution in [0.15, 0.2) is 0 Å². The van der Waals surface area contributed by atoms with Crippen molar-refractivity contribution in [2.45, 2.75) is 77.7 Å². The van der Waals surface area contributed by atoms with Gasteiger partial charge in [0.1, 0.15) is 0 Å². The zero-order chi connectivity index (χ0) is 15.4. The van der Waals surface area contributed by atoms with Crippen molar-refractivity contribution in [3.63, 3.8) is 0 Å². The Bertz CT molecular complexity index is 246. The SMILES string of the molecule is CCCCCCCCCCC(C(=O)OCC)[N+](C)(C)C. The van der Waals surface area contributed by atoms with Gasteiger partial charge in [-0.1, -0.05) is 51.9 Å². The van der Waals surface area contributed by atoms with Gasteiger partial charge in [0, 0.05) is 6.42 Å². The van der Waals surface area contributed by atoms with Gasteiger partial charge in [-0.2, -0.15) is 0 Å². The van der Waals surface area contributed by atoms with Crippen LogP contribution in [0.3, 0.4) is 0 Å². The van der Waals surface area contributed by atoms with Gasteiger partial charge in [-0.25, -0.2) is 4.79 Å². The van der Waals surface area contributed by atoms with Crippen LogP contribution >= 0.6 is 0 Å². The quantitative estimate of drug-likeness (QED) is 0.306. The normalized spacial score (nSPS) is 13.2. The molecule has 0 amide bonds. The third-order valence-electron chi connectivity index (χ3n) is 3.82. The highest BCUT2D eigenvalue weighted by atomic mass is 16.5. The lowest BCUT2D eigenvalue weighted by Gasteiger charge is -2.32. The second-order valence-electron chi connectivity index (χ2n) is 6.65. The number of unbranched alkanes of at least 4 members (excludes halogenated alkanes) is 7. The van der Waals surface area contributed by atoms with Crippen molar-refractivity contribution in [3.8, 4) is 0 Å². The number of rotatable bonds is 12. The highest BCUT2D eigenvalue weighted by Gasteiger charge is 2.32. The summed E-state index contributed by atoms with van der Waals surface area (Å²) < 4.78 is 5.86. The molecule has 0 aliphatic heterocycles. The number of hydrogen-bond donors (Lipinski definition) is 0. The third-order valence-corrected chi connectivity index (χ3v) is 3.82. The summed E-state index contributed by atoms with van der Waals surface area (Å²) in [5, 5.41) is 0. The Balaban J connectivity index is 3.84. The van der Waals surface area contributed by atoms with Crippen molar-refractivity contribution in [2.24, 2.45) is 0 Å². The van der Waals surface area contributed by atoms with Crippen LogP contribution in [0.5, 0.6) is 0 Å². The first kappa shape index (κ1) is 19.4. The molecule has 1 unspecified atom stereocenters. The van der Waals surface area contributed by atoms with Gasteiger partial charge in [0.05, 0.1) is 27.7 Å². The number of nitrogens with zero attached hydrogens (tertiary/aromatic N) is 1. The summed E-state index contributed by atoms with van der Waals surface area (Å²) in [5.74, 6) is -0.0389. The Labute approximate surface area is 126 Å². The van der Waals surface area contributed by atoms with Gasteiger partial charge in [0.2, 0.25) is 0 Å². The Hall–Kier alpha value is -0.570.